The second-order valence-corrected chi connectivity index (χ2v) is 5.00. The molecule has 0 saturated carbocycles. The average Bonchev–Trinajstić information content (AvgIpc) is 2.75. The van der Waals surface area contributed by atoms with E-state index < -0.39 is 0 Å². The molecule has 0 fully saturated rings. The molecule has 2 heterocycles. The van der Waals surface area contributed by atoms with Crippen LogP contribution >= 0.6 is 23.6 Å². The SMILES string of the molecule is Cc1cn(C(C)Cc2ccsc2)c(=S)[nH]1. The Morgan fingerprint density at radius 1 is 1.60 bits per heavy atom. The molecule has 1 atom stereocenters. The lowest BCUT2D eigenvalue weighted by Crippen LogP contribution is -2.06. The van der Waals surface area contributed by atoms with Crippen LogP contribution in [-0.4, -0.2) is 9.55 Å². The fraction of sp³-hybridized carbons (Fsp3) is 0.364. The molecule has 0 aliphatic rings. The highest BCUT2D eigenvalue weighted by atomic mass is 32.1. The summed E-state index contributed by atoms with van der Waals surface area (Å²) in [6, 6.07) is 2.58. The molecule has 0 bridgehead atoms. The van der Waals surface area contributed by atoms with Crippen LogP contribution in [0.25, 0.3) is 0 Å². The fourth-order valence-corrected chi connectivity index (χ4v) is 2.78. The van der Waals surface area contributed by atoms with Crippen LogP contribution in [0.5, 0.6) is 0 Å². The maximum Gasteiger partial charge on any atom is 0.177 e. The van der Waals surface area contributed by atoms with Gasteiger partial charge in [-0.05, 0) is 54.9 Å². The van der Waals surface area contributed by atoms with Crippen LogP contribution in [-0.2, 0) is 6.42 Å². The minimum Gasteiger partial charge on any atom is -0.335 e. The molecule has 0 spiro atoms. The first kappa shape index (κ1) is 10.6. The van der Waals surface area contributed by atoms with Gasteiger partial charge >= 0.3 is 0 Å². The van der Waals surface area contributed by atoms with Gasteiger partial charge in [-0.25, -0.2) is 0 Å². The van der Waals surface area contributed by atoms with Gasteiger partial charge in [-0.1, -0.05) is 0 Å². The molecule has 0 aliphatic heterocycles. The van der Waals surface area contributed by atoms with E-state index in [2.05, 4.69) is 39.5 Å². The van der Waals surface area contributed by atoms with Crippen LogP contribution < -0.4 is 0 Å². The molecule has 1 unspecified atom stereocenters. The Kier molecular flexibility index (Phi) is 3.07. The average molecular weight is 238 g/mol. The molecular weight excluding hydrogens is 224 g/mol. The summed E-state index contributed by atoms with van der Waals surface area (Å²) in [6.45, 7) is 4.23. The van der Waals surface area contributed by atoms with Crippen molar-refractivity contribution in [3.05, 3.63) is 39.1 Å². The summed E-state index contributed by atoms with van der Waals surface area (Å²) in [5, 5.41) is 4.31. The maximum atomic E-state index is 5.25. The highest BCUT2D eigenvalue weighted by molar-refractivity contribution is 7.71. The van der Waals surface area contributed by atoms with E-state index in [-0.39, 0.29) is 0 Å². The monoisotopic (exact) mass is 238 g/mol. The number of imidazole rings is 1. The van der Waals surface area contributed by atoms with Gasteiger partial charge in [0.2, 0.25) is 0 Å². The second-order valence-electron chi connectivity index (χ2n) is 3.83. The molecule has 80 valence electrons. The van der Waals surface area contributed by atoms with Crippen LogP contribution in [0.3, 0.4) is 0 Å². The molecule has 2 nitrogen and oxygen atoms in total. The Morgan fingerprint density at radius 2 is 2.40 bits per heavy atom. The number of nitrogens with one attached hydrogen (secondary N) is 1. The minimum absolute atomic E-state index is 0.414. The largest absolute Gasteiger partial charge is 0.335 e. The first-order valence-electron chi connectivity index (χ1n) is 4.95. The number of aromatic amines is 1. The second kappa shape index (κ2) is 4.33. The molecular formula is C11H14N2S2. The van der Waals surface area contributed by atoms with Crippen molar-refractivity contribution in [3.8, 4) is 0 Å². The van der Waals surface area contributed by atoms with Crippen LogP contribution in [0.1, 0.15) is 24.2 Å². The van der Waals surface area contributed by atoms with E-state index in [1.54, 1.807) is 11.3 Å². The van der Waals surface area contributed by atoms with Crippen molar-refractivity contribution in [3.63, 3.8) is 0 Å². The van der Waals surface area contributed by atoms with Crippen LogP contribution in [0, 0.1) is 11.7 Å². The van der Waals surface area contributed by atoms with Crippen molar-refractivity contribution in [2.24, 2.45) is 0 Å². The highest BCUT2D eigenvalue weighted by Crippen LogP contribution is 2.17. The van der Waals surface area contributed by atoms with Crippen molar-refractivity contribution >= 4 is 23.6 Å². The molecule has 15 heavy (non-hydrogen) atoms. The number of H-pyrrole nitrogens is 1. The summed E-state index contributed by atoms with van der Waals surface area (Å²) >= 11 is 7.00. The van der Waals surface area contributed by atoms with E-state index in [4.69, 9.17) is 12.2 Å². The minimum atomic E-state index is 0.414. The van der Waals surface area contributed by atoms with Gasteiger partial charge in [-0.3, -0.25) is 0 Å². The van der Waals surface area contributed by atoms with Gasteiger partial charge < -0.3 is 9.55 Å². The first-order valence-corrected chi connectivity index (χ1v) is 6.31. The van der Waals surface area contributed by atoms with Crippen LogP contribution in [0.2, 0.25) is 0 Å². The van der Waals surface area contributed by atoms with E-state index in [0.29, 0.717) is 6.04 Å². The third kappa shape index (κ3) is 2.38. The molecule has 0 saturated heterocycles. The molecule has 2 aromatic heterocycles. The number of aromatic nitrogens is 2. The molecule has 0 amide bonds. The van der Waals surface area contributed by atoms with Crippen molar-refractivity contribution in [1.29, 1.82) is 0 Å². The van der Waals surface area contributed by atoms with E-state index in [9.17, 15) is 0 Å². The summed E-state index contributed by atoms with van der Waals surface area (Å²) in [5.74, 6) is 0. The zero-order chi connectivity index (χ0) is 10.8. The molecule has 0 aliphatic carbocycles. The fourth-order valence-electron chi connectivity index (χ4n) is 1.71. The third-order valence-corrected chi connectivity index (χ3v) is 3.50. The predicted molar refractivity (Wildman–Crippen MR) is 67.1 cm³/mol. The molecule has 2 rings (SSSR count). The number of aryl methyl sites for hydroxylation is 1. The lowest BCUT2D eigenvalue weighted by molar-refractivity contribution is 0.538. The summed E-state index contributed by atoms with van der Waals surface area (Å²) in [5.41, 5.74) is 2.51. The number of thiophene rings is 1. The zero-order valence-electron chi connectivity index (χ0n) is 8.86. The zero-order valence-corrected chi connectivity index (χ0v) is 10.5. The van der Waals surface area contributed by atoms with Gasteiger partial charge in [0.25, 0.3) is 0 Å². The maximum absolute atomic E-state index is 5.25. The summed E-state index contributed by atoms with van der Waals surface area (Å²) in [7, 11) is 0. The predicted octanol–water partition coefficient (Wildman–Crippen LogP) is 3.72. The van der Waals surface area contributed by atoms with E-state index in [1.165, 1.54) is 5.56 Å². The van der Waals surface area contributed by atoms with Gasteiger partial charge in [-0.15, -0.1) is 0 Å². The van der Waals surface area contributed by atoms with Crippen molar-refractivity contribution in [2.75, 3.05) is 0 Å². The number of hydrogen-bond donors (Lipinski definition) is 1. The van der Waals surface area contributed by atoms with Crippen molar-refractivity contribution in [2.45, 2.75) is 26.3 Å². The van der Waals surface area contributed by atoms with Gasteiger partial charge in [0.15, 0.2) is 4.77 Å². The Morgan fingerprint density at radius 3 is 2.93 bits per heavy atom. The lowest BCUT2D eigenvalue weighted by atomic mass is 10.1. The van der Waals surface area contributed by atoms with Gasteiger partial charge in [0.1, 0.15) is 0 Å². The number of hydrogen-bond acceptors (Lipinski definition) is 2. The molecule has 0 aromatic carbocycles. The lowest BCUT2D eigenvalue weighted by Gasteiger charge is -2.11. The third-order valence-electron chi connectivity index (χ3n) is 2.46. The highest BCUT2D eigenvalue weighted by Gasteiger charge is 2.07. The van der Waals surface area contributed by atoms with Crippen LogP contribution in [0.15, 0.2) is 23.0 Å². The Hall–Kier alpha value is -0.870. The standard InChI is InChI=1S/C11H14N2S2/c1-8-6-13(11(14)12-8)9(2)5-10-3-4-15-7-10/h3-4,6-7,9H,5H2,1-2H3,(H,12,14). The van der Waals surface area contributed by atoms with Crippen molar-refractivity contribution in [1.82, 2.24) is 9.55 Å². The first-order chi connectivity index (χ1) is 7.16. The number of nitrogens with zero attached hydrogens (tertiary/aromatic N) is 1. The van der Waals surface area contributed by atoms with E-state index >= 15 is 0 Å². The Balaban J connectivity index is 2.18. The van der Waals surface area contributed by atoms with E-state index in [0.717, 1.165) is 16.9 Å². The Bertz CT molecular complexity index is 479. The molecule has 0 radical (unpaired) electrons. The normalized spacial score (nSPS) is 12.9. The van der Waals surface area contributed by atoms with Crippen molar-refractivity contribution < 1.29 is 0 Å². The van der Waals surface area contributed by atoms with Gasteiger partial charge in [-0.2, -0.15) is 11.3 Å². The smallest absolute Gasteiger partial charge is 0.177 e. The summed E-state index contributed by atoms with van der Waals surface area (Å²) in [6.07, 6.45) is 3.12. The number of rotatable bonds is 3. The molecule has 4 heteroatoms. The van der Waals surface area contributed by atoms with Gasteiger partial charge in [0.05, 0.1) is 0 Å². The summed E-state index contributed by atoms with van der Waals surface area (Å²) in [4.78, 5) is 3.15. The Labute approximate surface area is 98.6 Å². The quantitative estimate of drug-likeness (QED) is 0.808. The van der Waals surface area contributed by atoms with E-state index in [1.807, 2.05) is 6.92 Å². The van der Waals surface area contributed by atoms with Gasteiger partial charge in [0, 0.05) is 17.9 Å². The molecule has 1 N–H and O–H groups in total. The van der Waals surface area contributed by atoms with Crippen LogP contribution in [0.4, 0.5) is 0 Å². The topological polar surface area (TPSA) is 20.7 Å². The summed E-state index contributed by atoms with van der Waals surface area (Å²) < 4.78 is 2.94. The molecule has 2 aromatic rings.